The van der Waals surface area contributed by atoms with Crippen molar-refractivity contribution in [2.24, 2.45) is 0 Å². The second kappa shape index (κ2) is 3.49. The van der Waals surface area contributed by atoms with Crippen LogP contribution < -0.4 is 5.73 Å². The monoisotopic (exact) mass is 203 g/mol. The summed E-state index contributed by atoms with van der Waals surface area (Å²) in [4.78, 5) is 19.5. The van der Waals surface area contributed by atoms with Crippen LogP contribution in [0.25, 0.3) is 0 Å². The van der Waals surface area contributed by atoms with Crippen molar-refractivity contribution in [1.29, 1.82) is 0 Å². The first-order chi connectivity index (χ1) is 7.18. The molecule has 2 aromatic heterocycles. The number of pyridine rings is 1. The number of carbonyl (C=O) groups excluding carboxylic acids is 1. The zero-order valence-electron chi connectivity index (χ0n) is 8.06. The van der Waals surface area contributed by atoms with Crippen LogP contribution in [0.15, 0.2) is 18.6 Å². The fourth-order valence-corrected chi connectivity index (χ4v) is 1.20. The molecule has 0 aliphatic rings. The summed E-state index contributed by atoms with van der Waals surface area (Å²) in [5.74, 6) is 0.0531. The second-order valence-corrected chi connectivity index (χ2v) is 3.11. The zero-order chi connectivity index (χ0) is 10.8. The van der Waals surface area contributed by atoms with E-state index in [1.807, 2.05) is 6.92 Å². The number of hydrogen-bond acceptors (Lipinski definition) is 5. The van der Waals surface area contributed by atoms with Crippen molar-refractivity contribution in [3.8, 4) is 0 Å². The highest BCUT2D eigenvalue weighted by Gasteiger charge is 2.15. The number of rotatable bonds is 2. The Kier molecular flexibility index (Phi) is 2.17. The highest BCUT2D eigenvalue weighted by atomic mass is 16.1. The van der Waals surface area contributed by atoms with Gasteiger partial charge in [-0.3, -0.25) is 9.89 Å². The molecule has 0 saturated carbocycles. The molecule has 0 aliphatic carbocycles. The number of aryl methyl sites for hydroxylation is 1. The van der Waals surface area contributed by atoms with Crippen LogP contribution in [0, 0.1) is 6.92 Å². The maximum absolute atomic E-state index is 11.8. The molecule has 0 aromatic carbocycles. The minimum absolute atomic E-state index is 0.161. The average molecular weight is 203 g/mol. The SMILES string of the molecule is Cc1cnc(N)c(C(=O)c2ncn[nH]2)c1. The summed E-state index contributed by atoms with van der Waals surface area (Å²) in [6.07, 6.45) is 2.87. The van der Waals surface area contributed by atoms with Gasteiger partial charge >= 0.3 is 0 Å². The van der Waals surface area contributed by atoms with E-state index in [-0.39, 0.29) is 17.4 Å². The van der Waals surface area contributed by atoms with E-state index in [1.54, 1.807) is 12.3 Å². The fourth-order valence-electron chi connectivity index (χ4n) is 1.20. The van der Waals surface area contributed by atoms with Crippen LogP contribution in [0.1, 0.15) is 21.7 Å². The minimum Gasteiger partial charge on any atom is -0.383 e. The molecule has 0 saturated heterocycles. The molecule has 6 nitrogen and oxygen atoms in total. The third-order valence-electron chi connectivity index (χ3n) is 1.93. The summed E-state index contributed by atoms with van der Waals surface area (Å²) in [5, 5.41) is 6.09. The Labute approximate surface area is 85.6 Å². The highest BCUT2D eigenvalue weighted by Crippen LogP contribution is 2.13. The molecule has 2 heterocycles. The van der Waals surface area contributed by atoms with E-state index in [0.717, 1.165) is 5.56 Å². The van der Waals surface area contributed by atoms with Gasteiger partial charge in [-0.1, -0.05) is 0 Å². The van der Waals surface area contributed by atoms with Crippen LogP contribution in [0.5, 0.6) is 0 Å². The average Bonchev–Trinajstić information content (AvgIpc) is 2.74. The van der Waals surface area contributed by atoms with Gasteiger partial charge in [-0.25, -0.2) is 9.97 Å². The topological polar surface area (TPSA) is 97.6 Å². The van der Waals surface area contributed by atoms with Crippen molar-refractivity contribution < 1.29 is 4.79 Å². The molecule has 15 heavy (non-hydrogen) atoms. The molecule has 3 N–H and O–H groups in total. The van der Waals surface area contributed by atoms with Gasteiger partial charge in [0, 0.05) is 6.20 Å². The van der Waals surface area contributed by atoms with Crippen molar-refractivity contribution in [3.63, 3.8) is 0 Å². The van der Waals surface area contributed by atoms with Crippen molar-refractivity contribution in [2.75, 3.05) is 5.73 Å². The molecule has 0 radical (unpaired) electrons. The van der Waals surface area contributed by atoms with E-state index in [4.69, 9.17) is 5.73 Å². The van der Waals surface area contributed by atoms with Gasteiger partial charge in [0.25, 0.3) is 0 Å². The maximum Gasteiger partial charge on any atom is 0.233 e. The van der Waals surface area contributed by atoms with Crippen molar-refractivity contribution in [1.82, 2.24) is 20.2 Å². The highest BCUT2D eigenvalue weighted by molar-refractivity contribution is 6.09. The second-order valence-electron chi connectivity index (χ2n) is 3.11. The zero-order valence-corrected chi connectivity index (χ0v) is 8.06. The number of aromatic nitrogens is 4. The number of H-pyrrole nitrogens is 1. The Hall–Kier alpha value is -2.24. The number of nitrogens with one attached hydrogen (secondary N) is 1. The molecule has 76 valence electrons. The van der Waals surface area contributed by atoms with Gasteiger partial charge in [0.2, 0.25) is 5.78 Å². The number of ketones is 1. The molecule has 0 spiro atoms. The molecule has 0 atom stereocenters. The Morgan fingerprint density at radius 1 is 1.47 bits per heavy atom. The molecule has 0 unspecified atom stereocenters. The predicted molar refractivity (Wildman–Crippen MR) is 53.2 cm³/mol. The minimum atomic E-state index is -0.304. The summed E-state index contributed by atoms with van der Waals surface area (Å²) in [5.41, 5.74) is 6.81. The summed E-state index contributed by atoms with van der Waals surface area (Å²) < 4.78 is 0. The number of carbonyl (C=O) groups is 1. The lowest BCUT2D eigenvalue weighted by molar-refractivity contribution is 0.103. The number of nitrogens with two attached hydrogens (primary N) is 1. The number of nitrogen functional groups attached to an aromatic ring is 1. The summed E-state index contributed by atoms with van der Waals surface area (Å²) in [6.45, 7) is 1.84. The maximum atomic E-state index is 11.8. The van der Waals surface area contributed by atoms with Gasteiger partial charge in [0.15, 0.2) is 5.82 Å². The van der Waals surface area contributed by atoms with E-state index >= 15 is 0 Å². The normalized spacial score (nSPS) is 10.2. The molecular formula is C9H9N5O. The van der Waals surface area contributed by atoms with E-state index in [2.05, 4.69) is 20.2 Å². The number of anilines is 1. The third-order valence-corrected chi connectivity index (χ3v) is 1.93. The molecule has 0 bridgehead atoms. The Balaban J connectivity index is 2.46. The van der Waals surface area contributed by atoms with Crippen molar-refractivity contribution in [3.05, 3.63) is 35.5 Å². The lowest BCUT2D eigenvalue weighted by Gasteiger charge is -2.02. The Morgan fingerprint density at radius 2 is 2.27 bits per heavy atom. The van der Waals surface area contributed by atoms with Crippen LogP contribution in [0.3, 0.4) is 0 Å². The first-order valence-electron chi connectivity index (χ1n) is 4.30. The Morgan fingerprint density at radius 3 is 2.93 bits per heavy atom. The first kappa shape index (κ1) is 9.32. The molecule has 0 fully saturated rings. The van der Waals surface area contributed by atoms with Gasteiger partial charge < -0.3 is 5.73 Å². The quantitative estimate of drug-likeness (QED) is 0.685. The predicted octanol–water partition coefficient (Wildman–Crippen LogP) is 0.321. The van der Waals surface area contributed by atoms with Crippen LogP contribution in [-0.2, 0) is 0 Å². The fraction of sp³-hybridized carbons (Fsp3) is 0.111. The lowest BCUT2D eigenvalue weighted by Crippen LogP contribution is -2.09. The van der Waals surface area contributed by atoms with Gasteiger partial charge in [0.1, 0.15) is 12.1 Å². The molecule has 6 heteroatoms. The summed E-state index contributed by atoms with van der Waals surface area (Å²) in [6, 6.07) is 1.67. The van der Waals surface area contributed by atoms with Crippen LogP contribution in [-0.4, -0.2) is 25.9 Å². The van der Waals surface area contributed by atoms with Crippen molar-refractivity contribution in [2.45, 2.75) is 6.92 Å². The smallest absolute Gasteiger partial charge is 0.233 e. The van der Waals surface area contributed by atoms with E-state index in [9.17, 15) is 4.79 Å². The first-order valence-corrected chi connectivity index (χ1v) is 4.30. The lowest BCUT2D eigenvalue weighted by atomic mass is 10.1. The number of hydrogen-bond donors (Lipinski definition) is 2. The van der Waals surface area contributed by atoms with E-state index < -0.39 is 0 Å². The molecule has 2 aromatic rings. The number of aromatic amines is 1. The molecule has 0 aliphatic heterocycles. The van der Waals surface area contributed by atoms with E-state index in [0.29, 0.717) is 5.56 Å². The van der Waals surface area contributed by atoms with Gasteiger partial charge in [0.05, 0.1) is 5.56 Å². The van der Waals surface area contributed by atoms with E-state index in [1.165, 1.54) is 6.33 Å². The molecular weight excluding hydrogens is 194 g/mol. The van der Waals surface area contributed by atoms with Crippen LogP contribution in [0.2, 0.25) is 0 Å². The van der Waals surface area contributed by atoms with Gasteiger partial charge in [-0.05, 0) is 18.6 Å². The van der Waals surface area contributed by atoms with Crippen LogP contribution >= 0.6 is 0 Å². The molecule has 0 amide bonds. The van der Waals surface area contributed by atoms with Crippen molar-refractivity contribution >= 4 is 11.6 Å². The van der Waals surface area contributed by atoms with Gasteiger partial charge in [-0.2, -0.15) is 5.10 Å². The number of nitrogens with zero attached hydrogens (tertiary/aromatic N) is 3. The van der Waals surface area contributed by atoms with Gasteiger partial charge in [-0.15, -0.1) is 0 Å². The Bertz CT molecular complexity index is 491. The standard InChI is InChI=1S/C9H9N5O/c1-5-2-6(8(10)11-3-5)7(15)9-12-4-13-14-9/h2-4H,1H3,(H2,10,11)(H,12,13,14). The molecule has 2 rings (SSSR count). The summed E-state index contributed by atoms with van der Waals surface area (Å²) >= 11 is 0. The largest absolute Gasteiger partial charge is 0.383 e. The summed E-state index contributed by atoms with van der Waals surface area (Å²) in [7, 11) is 0. The van der Waals surface area contributed by atoms with Crippen LogP contribution in [0.4, 0.5) is 5.82 Å². The third kappa shape index (κ3) is 1.69.